The summed E-state index contributed by atoms with van der Waals surface area (Å²) in [6.07, 6.45) is 3.55. The van der Waals surface area contributed by atoms with Gasteiger partial charge in [0.05, 0.1) is 11.2 Å². The van der Waals surface area contributed by atoms with Crippen LogP contribution in [0, 0.1) is 0 Å². The highest BCUT2D eigenvalue weighted by atomic mass is 32.1. The van der Waals surface area contributed by atoms with Crippen LogP contribution in [-0.2, 0) is 5.54 Å². The van der Waals surface area contributed by atoms with E-state index < -0.39 is 0 Å². The van der Waals surface area contributed by atoms with Gasteiger partial charge in [0.25, 0.3) is 0 Å². The molecular formula is C8H9N5S. The first-order valence-corrected chi connectivity index (χ1v) is 5.26. The molecule has 1 aliphatic carbocycles. The Morgan fingerprint density at radius 3 is 3.00 bits per heavy atom. The Labute approximate surface area is 84.4 Å². The Hall–Kier alpha value is -1.27. The maximum absolute atomic E-state index is 6.03. The molecule has 72 valence electrons. The molecule has 3 N–H and O–H groups in total. The van der Waals surface area contributed by atoms with E-state index in [4.69, 9.17) is 5.73 Å². The average Bonchev–Trinajstić information content (AvgIpc) is 2.73. The van der Waals surface area contributed by atoms with Crippen molar-refractivity contribution in [2.24, 2.45) is 5.73 Å². The van der Waals surface area contributed by atoms with Gasteiger partial charge in [-0.3, -0.25) is 5.10 Å². The zero-order valence-corrected chi connectivity index (χ0v) is 8.21. The number of thiazole rings is 1. The molecule has 0 radical (unpaired) electrons. The van der Waals surface area contributed by atoms with E-state index in [0.29, 0.717) is 5.82 Å². The second-order valence-electron chi connectivity index (χ2n) is 3.53. The zero-order valence-electron chi connectivity index (χ0n) is 7.40. The fourth-order valence-electron chi connectivity index (χ4n) is 1.31. The predicted molar refractivity (Wildman–Crippen MR) is 52.6 cm³/mol. The minimum Gasteiger partial charge on any atom is -0.320 e. The maximum Gasteiger partial charge on any atom is 0.184 e. The van der Waals surface area contributed by atoms with Crippen LogP contribution in [0.1, 0.15) is 18.5 Å². The van der Waals surface area contributed by atoms with E-state index in [2.05, 4.69) is 20.2 Å². The number of nitrogens with zero attached hydrogens (tertiary/aromatic N) is 3. The number of aromatic nitrogens is 4. The van der Waals surface area contributed by atoms with Crippen LogP contribution in [0.25, 0.3) is 10.8 Å². The number of aromatic amines is 1. The number of H-pyrrole nitrogens is 1. The molecule has 6 heteroatoms. The lowest BCUT2D eigenvalue weighted by molar-refractivity contribution is 0.715. The van der Waals surface area contributed by atoms with Gasteiger partial charge in [0.15, 0.2) is 10.8 Å². The lowest BCUT2D eigenvalue weighted by Crippen LogP contribution is -2.18. The lowest BCUT2D eigenvalue weighted by Gasteiger charge is -2.01. The standard InChI is InChI=1S/C8H9N5S/c9-8(1-2-8)5-3-14-7(12-5)6-10-4-11-13-6/h3-4H,1-2,9H2,(H,10,11,13). The van der Waals surface area contributed by atoms with Crippen LogP contribution in [-0.4, -0.2) is 20.2 Å². The Kier molecular flexibility index (Phi) is 1.51. The van der Waals surface area contributed by atoms with Crippen LogP contribution in [0.15, 0.2) is 11.7 Å². The summed E-state index contributed by atoms with van der Waals surface area (Å²) < 4.78 is 0. The molecule has 0 spiro atoms. The van der Waals surface area contributed by atoms with E-state index >= 15 is 0 Å². The van der Waals surface area contributed by atoms with Crippen LogP contribution in [0.3, 0.4) is 0 Å². The Morgan fingerprint density at radius 2 is 2.36 bits per heavy atom. The maximum atomic E-state index is 6.03. The monoisotopic (exact) mass is 207 g/mol. The third-order valence-electron chi connectivity index (χ3n) is 2.42. The number of hydrogen-bond donors (Lipinski definition) is 2. The van der Waals surface area contributed by atoms with Crippen molar-refractivity contribution in [3.05, 3.63) is 17.4 Å². The van der Waals surface area contributed by atoms with Gasteiger partial charge < -0.3 is 5.73 Å². The molecule has 5 nitrogen and oxygen atoms in total. The van der Waals surface area contributed by atoms with Crippen molar-refractivity contribution in [3.63, 3.8) is 0 Å². The fraction of sp³-hybridized carbons (Fsp3) is 0.375. The van der Waals surface area contributed by atoms with E-state index in [1.807, 2.05) is 5.38 Å². The summed E-state index contributed by atoms with van der Waals surface area (Å²) >= 11 is 1.55. The normalized spacial score (nSPS) is 18.4. The van der Waals surface area contributed by atoms with E-state index in [9.17, 15) is 0 Å². The molecule has 0 aromatic carbocycles. The van der Waals surface area contributed by atoms with Crippen molar-refractivity contribution in [2.45, 2.75) is 18.4 Å². The largest absolute Gasteiger partial charge is 0.320 e. The predicted octanol–water partition coefficient (Wildman–Crippen LogP) is 0.876. The molecule has 0 aliphatic heterocycles. The first kappa shape index (κ1) is 8.07. The van der Waals surface area contributed by atoms with Crippen molar-refractivity contribution in [1.82, 2.24) is 20.2 Å². The van der Waals surface area contributed by atoms with E-state index in [-0.39, 0.29) is 5.54 Å². The quantitative estimate of drug-likeness (QED) is 0.765. The molecular weight excluding hydrogens is 198 g/mol. The minimum absolute atomic E-state index is 0.158. The number of nitrogens with one attached hydrogen (secondary N) is 1. The minimum atomic E-state index is -0.158. The summed E-state index contributed by atoms with van der Waals surface area (Å²) in [5.41, 5.74) is 6.86. The van der Waals surface area contributed by atoms with Gasteiger partial charge in [0.2, 0.25) is 0 Å². The Bertz CT molecular complexity index is 442. The third-order valence-corrected chi connectivity index (χ3v) is 3.27. The van der Waals surface area contributed by atoms with Gasteiger partial charge in [-0.15, -0.1) is 11.3 Å². The molecule has 0 atom stereocenters. The Balaban J connectivity index is 1.98. The van der Waals surface area contributed by atoms with Crippen LogP contribution in [0.4, 0.5) is 0 Å². The molecule has 1 fully saturated rings. The molecule has 0 unspecified atom stereocenters. The average molecular weight is 207 g/mol. The summed E-state index contributed by atoms with van der Waals surface area (Å²) in [5, 5.41) is 9.43. The summed E-state index contributed by atoms with van der Waals surface area (Å²) in [5.74, 6) is 0.713. The van der Waals surface area contributed by atoms with Gasteiger partial charge in [-0.2, -0.15) is 5.10 Å². The smallest absolute Gasteiger partial charge is 0.184 e. The van der Waals surface area contributed by atoms with Crippen molar-refractivity contribution in [3.8, 4) is 10.8 Å². The van der Waals surface area contributed by atoms with Gasteiger partial charge in [0.1, 0.15) is 6.33 Å². The molecule has 0 amide bonds. The second-order valence-corrected chi connectivity index (χ2v) is 4.39. The first-order chi connectivity index (χ1) is 6.78. The van der Waals surface area contributed by atoms with E-state index in [1.165, 1.54) is 6.33 Å². The summed E-state index contributed by atoms with van der Waals surface area (Å²) in [6.45, 7) is 0. The summed E-state index contributed by atoms with van der Waals surface area (Å²) in [6, 6.07) is 0. The zero-order chi connectivity index (χ0) is 9.60. The van der Waals surface area contributed by atoms with Crippen molar-refractivity contribution >= 4 is 11.3 Å². The molecule has 1 aliphatic rings. The molecule has 2 aromatic rings. The van der Waals surface area contributed by atoms with Crippen molar-refractivity contribution < 1.29 is 0 Å². The molecule has 2 heterocycles. The van der Waals surface area contributed by atoms with Gasteiger partial charge in [-0.1, -0.05) is 0 Å². The van der Waals surface area contributed by atoms with E-state index in [1.54, 1.807) is 11.3 Å². The van der Waals surface area contributed by atoms with Gasteiger partial charge in [-0.25, -0.2) is 9.97 Å². The topological polar surface area (TPSA) is 80.5 Å². The summed E-state index contributed by atoms with van der Waals surface area (Å²) in [4.78, 5) is 8.49. The van der Waals surface area contributed by atoms with Crippen molar-refractivity contribution in [1.29, 1.82) is 0 Å². The van der Waals surface area contributed by atoms with Crippen molar-refractivity contribution in [2.75, 3.05) is 0 Å². The number of hydrogen-bond acceptors (Lipinski definition) is 5. The molecule has 1 saturated carbocycles. The molecule has 2 aromatic heterocycles. The van der Waals surface area contributed by atoms with Gasteiger partial charge >= 0.3 is 0 Å². The molecule has 3 rings (SSSR count). The first-order valence-electron chi connectivity index (χ1n) is 4.39. The highest BCUT2D eigenvalue weighted by molar-refractivity contribution is 7.13. The number of nitrogens with two attached hydrogens (primary N) is 1. The number of rotatable bonds is 2. The van der Waals surface area contributed by atoms with Gasteiger partial charge in [-0.05, 0) is 12.8 Å². The van der Waals surface area contributed by atoms with Crippen LogP contribution < -0.4 is 5.73 Å². The van der Waals surface area contributed by atoms with Gasteiger partial charge in [0, 0.05) is 5.38 Å². The SMILES string of the molecule is NC1(c2csc(-c3ncn[nH]3)n2)CC1. The molecule has 0 bridgehead atoms. The Morgan fingerprint density at radius 1 is 1.50 bits per heavy atom. The fourth-order valence-corrected chi connectivity index (χ4v) is 2.18. The third kappa shape index (κ3) is 1.15. The highest BCUT2D eigenvalue weighted by Gasteiger charge is 2.42. The van der Waals surface area contributed by atoms with Crippen LogP contribution >= 0.6 is 11.3 Å². The molecule has 0 saturated heterocycles. The van der Waals surface area contributed by atoms with E-state index in [0.717, 1.165) is 23.5 Å². The summed E-state index contributed by atoms with van der Waals surface area (Å²) in [7, 11) is 0. The molecule has 14 heavy (non-hydrogen) atoms. The van der Waals surface area contributed by atoms with Crippen LogP contribution in [0.2, 0.25) is 0 Å². The lowest BCUT2D eigenvalue weighted by atomic mass is 10.2. The second kappa shape index (κ2) is 2.61. The highest BCUT2D eigenvalue weighted by Crippen LogP contribution is 2.43. The van der Waals surface area contributed by atoms with Crippen LogP contribution in [0.5, 0.6) is 0 Å².